The molecule has 96 valence electrons. The van der Waals surface area contributed by atoms with Gasteiger partial charge in [-0.15, -0.1) is 0 Å². The Kier molecular flexibility index (Phi) is 6.06. The first kappa shape index (κ1) is 14.0. The Morgan fingerprint density at radius 1 is 1.29 bits per heavy atom. The van der Waals surface area contributed by atoms with Gasteiger partial charge in [-0.25, -0.2) is 0 Å². The van der Waals surface area contributed by atoms with Crippen LogP contribution < -0.4 is 10.1 Å². The first-order chi connectivity index (χ1) is 8.15. The van der Waals surface area contributed by atoms with Crippen molar-refractivity contribution in [3.63, 3.8) is 0 Å². The maximum Gasteiger partial charge on any atom is 0.119 e. The normalized spacial score (nSPS) is 12.8. The molecule has 0 fully saturated rings. The third-order valence-electron chi connectivity index (χ3n) is 3.08. The fourth-order valence-corrected chi connectivity index (χ4v) is 2.12. The average Bonchev–Trinajstić information content (AvgIpc) is 2.34. The second-order valence-electron chi connectivity index (χ2n) is 5.01. The Balaban J connectivity index is 2.47. The van der Waals surface area contributed by atoms with Crippen LogP contribution in [0.1, 0.15) is 32.3 Å². The van der Waals surface area contributed by atoms with Gasteiger partial charge >= 0.3 is 0 Å². The van der Waals surface area contributed by atoms with Crippen LogP contribution >= 0.6 is 0 Å². The van der Waals surface area contributed by atoms with E-state index in [4.69, 9.17) is 4.74 Å². The van der Waals surface area contributed by atoms with Gasteiger partial charge in [0.1, 0.15) is 5.75 Å². The van der Waals surface area contributed by atoms with Crippen LogP contribution in [0.25, 0.3) is 0 Å². The summed E-state index contributed by atoms with van der Waals surface area (Å²) < 4.78 is 5.24. The molecule has 0 aliphatic heterocycles. The van der Waals surface area contributed by atoms with Crippen LogP contribution in [0.2, 0.25) is 0 Å². The minimum atomic E-state index is 0.612. The number of nitrogens with one attached hydrogen (secondary N) is 1. The van der Waals surface area contributed by atoms with E-state index in [-0.39, 0.29) is 0 Å². The van der Waals surface area contributed by atoms with Crippen molar-refractivity contribution in [2.75, 3.05) is 14.2 Å². The summed E-state index contributed by atoms with van der Waals surface area (Å²) in [7, 11) is 3.77. The largest absolute Gasteiger partial charge is 0.497 e. The molecule has 1 rings (SSSR count). The topological polar surface area (TPSA) is 21.3 Å². The Morgan fingerprint density at radius 2 is 2.06 bits per heavy atom. The summed E-state index contributed by atoms with van der Waals surface area (Å²) in [6, 6.07) is 8.96. The minimum absolute atomic E-state index is 0.612. The number of aryl methyl sites for hydroxylation is 1. The second kappa shape index (κ2) is 7.33. The lowest BCUT2D eigenvalue weighted by atomic mass is 9.97. The number of benzene rings is 1. The summed E-state index contributed by atoms with van der Waals surface area (Å²) in [5, 5.41) is 3.40. The number of rotatable bonds is 7. The van der Waals surface area contributed by atoms with Gasteiger partial charge < -0.3 is 10.1 Å². The predicted octanol–water partition coefficient (Wildman–Crippen LogP) is 3.26. The highest BCUT2D eigenvalue weighted by atomic mass is 16.5. The molecule has 1 aromatic rings. The monoisotopic (exact) mass is 235 g/mol. The van der Waals surface area contributed by atoms with Crippen molar-refractivity contribution in [2.45, 2.75) is 39.2 Å². The molecular formula is C15H25NO. The van der Waals surface area contributed by atoms with Gasteiger partial charge in [-0.3, -0.25) is 0 Å². The number of methoxy groups -OCH3 is 1. The summed E-state index contributed by atoms with van der Waals surface area (Å²) in [6.45, 7) is 4.55. The third kappa shape index (κ3) is 5.22. The van der Waals surface area contributed by atoms with Gasteiger partial charge in [0.25, 0.3) is 0 Å². The Labute approximate surface area is 105 Å². The molecule has 0 aliphatic rings. The smallest absolute Gasteiger partial charge is 0.119 e. The van der Waals surface area contributed by atoms with Gasteiger partial charge in [0.05, 0.1) is 7.11 Å². The van der Waals surface area contributed by atoms with Gasteiger partial charge in [0, 0.05) is 6.04 Å². The zero-order valence-corrected chi connectivity index (χ0v) is 11.5. The van der Waals surface area contributed by atoms with E-state index < -0.39 is 0 Å². The quantitative estimate of drug-likeness (QED) is 0.783. The van der Waals surface area contributed by atoms with Crippen molar-refractivity contribution in [3.05, 3.63) is 29.8 Å². The van der Waals surface area contributed by atoms with Gasteiger partial charge in [-0.05, 0) is 49.9 Å². The van der Waals surface area contributed by atoms with Crippen molar-refractivity contribution in [1.82, 2.24) is 5.32 Å². The van der Waals surface area contributed by atoms with Crippen molar-refractivity contribution < 1.29 is 4.74 Å². The van der Waals surface area contributed by atoms with Crippen LogP contribution in [0.3, 0.4) is 0 Å². The number of hydrogen-bond acceptors (Lipinski definition) is 2. The Morgan fingerprint density at radius 3 is 2.65 bits per heavy atom. The van der Waals surface area contributed by atoms with Crippen molar-refractivity contribution in [1.29, 1.82) is 0 Å². The van der Waals surface area contributed by atoms with Crippen molar-refractivity contribution in [3.8, 4) is 5.75 Å². The molecular weight excluding hydrogens is 210 g/mol. The molecule has 1 N–H and O–H groups in total. The number of hydrogen-bond donors (Lipinski definition) is 1. The summed E-state index contributed by atoms with van der Waals surface area (Å²) in [5.74, 6) is 1.70. The fourth-order valence-electron chi connectivity index (χ4n) is 2.12. The molecule has 17 heavy (non-hydrogen) atoms. The molecule has 0 radical (unpaired) electrons. The molecule has 0 amide bonds. The maximum atomic E-state index is 5.24. The first-order valence-corrected chi connectivity index (χ1v) is 6.46. The van der Waals surface area contributed by atoms with E-state index in [1.165, 1.54) is 18.4 Å². The van der Waals surface area contributed by atoms with E-state index in [0.717, 1.165) is 18.1 Å². The predicted molar refractivity (Wildman–Crippen MR) is 73.6 cm³/mol. The van der Waals surface area contributed by atoms with Crippen LogP contribution in [-0.4, -0.2) is 20.2 Å². The van der Waals surface area contributed by atoms with E-state index in [1.807, 2.05) is 6.07 Å². The van der Waals surface area contributed by atoms with Gasteiger partial charge in [-0.2, -0.15) is 0 Å². The van der Waals surface area contributed by atoms with Gasteiger partial charge in [0.15, 0.2) is 0 Å². The van der Waals surface area contributed by atoms with E-state index in [0.29, 0.717) is 6.04 Å². The van der Waals surface area contributed by atoms with Crippen molar-refractivity contribution in [2.24, 2.45) is 5.92 Å². The zero-order valence-electron chi connectivity index (χ0n) is 11.5. The molecule has 1 atom stereocenters. The summed E-state index contributed by atoms with van der Waals surface area (Å²) >= 11 is 0. The molecule has 0 saturated carbocycles. The lowest BCUT2D eigenvalue weighted by molar-refractivity contribution is 0.411. The lowest BCUT2D eigenvalue weighted by Crippen LogP contribution is -2.27. The SMILES string of the molecule is CNC(CCc1cccc(OC)c1)CC(C)C. The molecule has 0 heterocycles. The first-order valence-electron chi connectivity index (χ1n) is 6.46. The Bertz CT molecular complexity index is 322. The van der Waals surface area contributed by atoms with E-state index in [9.17, 15) is 0 Å². The van der Waals surface area contributed by atoms with Crippen LogP contribution in [0.15, 0.2) is 24.3 Å². The average molecular weight is 235 g/mol. The standard InChI is InChI=1S/C15H25NO/c1-12(2)10-14(16-3)9-8-13-6-5-7-15(11-13)17-4/h5-7,11-12,14,16H,8-10H2,1-4H3. The highest BCUT2D eigenvalue weighted by molar-refractivity contribution is 5.28. The van der Waals surface area contributed by atoms with E-state index >= 15 is 0 Å². The van der Waals surface area contributed by atoms with E-state index in [2.05, 4.69) is 44.4 Å². The molecule has 2 nitrogen and oxygen atoms in total. The highest BCUT2D eigenvalue weighted by Gasteiger charge is 2.08. The van der Waals surface area contributed by atoms with Crippen molar-refractivity contribution >= 4 is 0 Å². The highest BCUT2D eigenvalue weighted by Crippen LogP contribution is 2.16. The minimum Gasteiger partial charge on any atom is -0.497 e. The molecule has 0 bridgehead atoms. The zero-order chi connectivity index (χ0) is 12.7. The molecule has 0 aliphatic carbocycles. The maximum absolute atomic E-state index is 5.24. The molecule has 0 aromatic heterocycles. The molecule has 2 heteroatoms. The van der Waals surface area contributed by atoms with Crippen LogP contribution in [-0.2, 0) is 6.42 Å². The molecule has 1 unspecified atom stereocenters. The second-order valence-corrected chi connectivity index (χ2v) is 5.01. The summed E-state index contributed by atoms with van der Waals surface area (Å²) in [5.41, 5.74) is 1.35. The lowest BCUT2D eigenvalue weighted by Gasteiger charge is -2.18. The number of ether oxygens (including phenoxy) is 1. The van der Waals surface area contributed by atoms with Gasteiger partial charge in [0.2, 0.25) is 0 Å². The van der Waals surface area contributed by atoms with E-state index in [1.54, 1.807) is 7.11 Å². The molecule has 0 spiro atoms. The van der Waals surface area contributed by atoms with Crippen LogP contribution in [0.4, 0.5) is 0 Å². The summed E-state index contributed by atoms with van der Waals surface area (Å²) in [6.07, 6.45) is 3.53. The Hall–Kier alpha value is -1.02. The molecule has 0 saturated heterocycles. The van der Waals surface area contributed by atoms with Gasteiger partial charge in [-0.1, -0.05) is 26.0 Å². The summed E-state index contributed by atoms with van der Waals surface area (Å²) in [4.78, 5) is 0. The third-order valence-corrected chi connectivity index (χ3v) is 3.08. The van der Waals surface area contributed by atoms with Crippen LogP contribution in [0.5, 0.6) is 5.75 Å². The van der Waals surface area contributed by atoms with Crippen LogP contribution in [0, 0.1) is 5.92 Å². The molecule has 1 aromatic carbocycles. The fraction of sp³-hybridized carbons (Fsp3) is 0.600.